The number of aromatic nitrogens is 3. The smallest absolute Gasteiger partial charge is 0.426 e. The molecule has 9 nitrogen and oxygen atoms in total. The zero-order valence-electron chi connectivity index (χ0n) is 20.7. The van der Waals surface area contributed by atoms with Gasteiger partial charge in [-0.1, -0.05) is 0 Å². The topological polar surface area (TPSA) is 100 Å². The largest absolute Gasteiger partial charge is 0.496 e. The van der Waals surface area contributed by atoms with Gasteiger partial charge in [-0.2, -0.15) is 13.2 Å². The number of aliphatic hydroxyl groups is 1. The third-order valence-corrected chi connectivity index (χ3v) is 8.79. The molecule has 1 saturated heterocycles. The SMILES string of the molecule is COc1cc(OCc2cc(C3(O)CCOCC3)sc2C(F)(F)F)c2cc(-c3cn4nc(OC)sc4n3)oc2c1. The first-order chi connectivity index (χ1) is 18.7. The summed E-state index contributed by atoms with van der Waals surface area (Å²) in [6, 6.07) is 6.35. The van der Waals surface area contributed by atoms with Crippen LogP contribution in [0.1, 0.15) is 28.2 Å². The molecule has 5 heterocycles. The summed E-state index contributed by atoms with van der Waals surface area (Å²) in [6.07, 6.45) is -2.45. The summed E-state index contributed by atoms with van der Waals surface area (Å²) in [5.41, 5.74) is -0.485. The molecule has 14 heteroatoms. The molecule has 0 aliphatic carbocycles. The van der Waals surface area contributed by atoms with Gasteiger partial charge in [0, 0.05) is 48.6 Å². The van der Waals surface area contributed by atoms with E-state index >= 15 is 0 Å². The molecular formula is C25H22F3N3O6S2. The van der Waals surface area contributed by atoms with Gasteiger partial charge in [-0.25, -0.2) is 9.50 Å². The zero-order valence-corrected chi connectivity index (χ0v) is 22.3. The fourth-order valence-electron chi connectivity index (χ4n) is 4.45. The predicted octanol–water partition coefficient (Wildman–Crippen LogP) is 5.88. The number of hydrogen-bond donors (Lipinski definition) is 1. The highest BCUT2D eigenvalue weighted by atomic mass is 32.1. The lowest BCUT2D eigenvalue weighted by atomic mass is 9.92. The van der Waals surface area contributed by atoms with E-state index in [1.54, 1.807) is 28.9 Å². The molecule has 1 aromatic carbocycles. The van der Waals surface area contributed by atoms with Gasteiger partial charge in [0.15, 0.2) is 5.76 Å². The zero-order chi connectivity index (χ0) is 27.4. The Balaban J connectivity index is 1.33. The second-order valence-corrected chi connectivity index (χ2v) is 10.9. The Morgan fingerprint density at radius 1 is 1.10 bits per heavy atom. The van der Waals surface area contributed by atoms with Gasteiger partial charge in [0.2, 0.25) is 4.96 Å². The van der Waals surface area contributed by atoms with Crippen LogP contribution < -0.4 is 14.2 Å². The van der Waals surface area contributed by atoms with Crippen molar-refractivity contribution in [2.75, 3.05) is 27.4 Å². The Morgan fingerprint density at radius 3 is 2.59 bits per heavy atom. The van der Waals surface area contributed by atoms with Crippen molar-refractivity contribution in [2.24, 2.45) is 0 Å². The Hall–Kier alpha value is -3.33. The fraction of sp³-hybridized carbons (Fsp3) is 0.360. The second kappa shape index (κ2) is 9.70. The average Bonchev–Trinajstić information content (AvgIpc) is 3.68. The van der Waals surface area contributed by atoms with Crippen LogP contribution >= 0.6 is 22.7 Å². The minimum Gasteiger partial charge on any atom is -0.496 e. The van der Waals surface area contributed by atoms with Crippen molar-refractivity contribution in [1.29, 1.82) is 0 Å². The first kappa shape index (κ1) is 25.9. The molecule has 0 unspecified atom stereocenters. The van der Waals surface area contributed by atoms with Crippen LogP contribution in [0.15, 0.2) is 34.9 Å². The number of ether oxygens (including phenoxy) is 4. The number of methoxy groups -OCH3 is 2. The number of hydrogen-bond acceptors (Lipinski definition) is 10. The van der Waals surface area contributed by atoms with Crippen LogP contribution in [0.2, 0.25) is 0 Å². The molecule has 0 atom stereocenters. The highest BCUT2D eigenvalue weighted by molar-refractivity contribution is 7.18. The van der Waals surface area contributed by atoms with Gasteiger partial charge >= 0.3 is 6.18 Å². The molecule has 0 radical (unpaired) electrons. The predicted molar refractivity (Wildman–Crippen MR) is 137 cm³/mol. The lowest BCUT2D eigenvalue weighted by Crippen LogP contribution is -2.32. The lowest BCUT2D eigenvalue weighted by Gasteiger charge is -2.31. The van der Waals surface area contributed by atoms with Crippen LogP contribution in [0.25, 0.3) is 27.4 Å². The molecule has 0 amide bonds. The fourth-order valence-corrected chi connectivity index (χ4v) is 6.32. The third-order valence-electron chi connectivity index (χ3n) is 6.49. The Morgan fingerprint density at radius 2 is 1.90 bits per heavy atom. The summed E-state index contributed by atoms with van der Waals surface area (Å²) >= 11 is 1.81. The molecule has 6 rings (SSSR count). The summed E-state index contributed by atoms with van der Waals surface area (Å²) in [5, 5.41) is 16.3. The van der Waals surface area contributed by atoms with E-state index in [0.29, 0.717) is 49.7 Å². The van der Waals surface area contributed by atoms with Gasteiger partial charge in [-0.05, 0) is 23.5 Å². The summed E-state index contributed by atoms with van der Waals surface area (Å²) in [5.74, 6) is 1.12. The summed E-state index contributed by atoms with van der Waals surface area (Å²) in [4.78, 5) is 4.58. The van der Waals surface area contributed by atoms with Crippen molar-refractivity contribution in [2.45, 2.75) is 31.2 Å². The van der Waals surface area contributed by atoms with Gasteiger partial charge in [-0.3, -0.25) is 0 Å². The van der Waals surface area contributed by atoms with E-state index in [-0.39, 0.29) is 48.9 Å². The summed E-state index contributed by atoms with van der Waals surface area (Å²) in [7, 11) is 2.99. The van der Waals surface area contributed by atoms with Crippen LogP contribution in [0.3, 0.4) is 0 Å². The first-order valence-corrected chi connectivity index (χ1v) is 13.5. The number of alkyl halides is 3. The monoisotopic (exact) mass is 581 g/mol. The van der Waals surface area contributed by atoms with Crippen molar-refractivity contribution in [3.63, 3.8) is 0 Å². The third kappa shape index (κ3) is 4.81. The number of thiophene rings is 1. The molecule has 0 spiro atoms. The van der Waals surface area contributed by atoms with Gasteiger partial charge < -0.3 is 28.5 Å². The maximum atomic E-state index is 13.9. The standard InChI is InChI=1S/C25H22F3N3O6S2/c1-33-14-8-17(15-10-19(37-18(15)9-14)16-11-31-22(29-16)39-23(30-31)34-2)36-12-13-7-20(38-21(13)25(26,27)28)24(32)3-5-35-6-4-24/h7-11,32H,3-6,12H2,1-2H3. The number of fused-ring (bicyclic) bond motifs is 2. The van der Waals surface area contributed by atoms with E-state index < -0.39 is 16.7 Å². The number of imidazole rings is 1. The van der Waals surface area contributed by atoms with Crippen LogP contribution in [-0.4, -0.2) is 47.1 Å². The maximum absolute atomic E-state index is 13.9. The minimum atomic E-state index is -4.60. The highest BCUT2D eigenvalue weighted by Crippen LogP contribution is 2.45. The number of nitrogens with zero attached hydrogens (tertiary/aromatic N) is 3. The van der Waals surface area contributed by atoms with E-state index in [1.165, 1.54) is 31.6 Å². The Bertz CT molecular complexity index is 1620. The van der Waals surface area contributed by atoms with Crippen molar-refractivity contribution in [3.05, 3.63) is 45.8 Å². The molecule has 206 valence electrons. The molecule has 4 aromatic heterocycles. The van der Waals surface area contributed by atoms with E-state index in [9.17, 15) is 18.3 Å². The van der Waals surface area contributed by atoms with E-state index in [4.69, 9.17) is 23.4 Å². The number of benzene rings is 1. The van der Waals surface area contributed by atoms with Gasteiger partial charge in [-0.15, -0.1) is 16.4 Å². The molecule has 1 aliphatic rings. The quantitative estimate of drug-likeness (QED) is 0.255. The van der Waals surface area contributed by atoms with Crippen LogP contribution in [0, 0.1) is 0 Å². The molecule has 1 fully saturated rings. The van der Waals surface area contributed by atoms with Crippen molar-refractivity contribution >= 4 is 38.6 Å². The van der Waals surface area contributed by atoms with Gasteiger partial charge in [0.25, 0.3) is 5.19 Å². The van der Waals surface area contributed by atoms with Gasteiger partial charge in [0.05, 0.1) is 25.8 Å². The average molecular weight is 582 g/mol. The van der Waals surface area contributed by atoms with Crippen LogP contribution in [-0.2, 0) is 23.1 Å². The van der Waals surface area contributed by atoms with Crippen molar-refractivity contribution < 1.29 is 41.6 Å². The molecule has 1 N–H and O–H groups in total. The second-order valence-electron chi connectivity index (χ2n) is 8.97. The Labute approximate surface area is 227 Å². The maximum Gasteiger partial charge on any atom is 0.426 e. The Kier molecular flexibility index (Phi) is 6.44. The molecule has 39 heavy (non-hydrogen) atoms. The lowest BCUT2D eigenvalue weighted by molar-refractivity contribution is -0.135. The summed E-state index contributed by atoms with van der Waals surface area (Å²) < 4.78 is 71.1. The normalized spacial score (nSPS) is 15.7. The molecule has 5 aromatic rings. The number of halogens is 3. The number of furan rings is 1. The van der Waals surface area contributed by atoms with Gasteiger partial charge in [0.1, 0.15) is 39.9 Å². The summed E-state index contributed by atoms with van der Waals surface area (Å²) in [6.45, 7) is 0.194. The highest BCUT2D eigenvalue weighted by Gasteiger charge is 2.41. The van der Waals surface area contributed by atoms with E-state index in [2.05, 4.69) is 10.1 Å². The van der Waals surface area contributed by atoms with Crippen molar-refractivity contribution in [3.8, 4) is 28.1 Å². The van der Waals surface area contributed by atoms with E-state index in [0.717, 1.165) is 0 Å². The van der Waals surface area contributed by atoms with Crippen molar-refractivity contribution in [1.82, 2.24) is 14.6 Å². The molecule has 0 bridgehead atoms. The molecule has 0 saturated carbocycles. The van der Waals surface area contributed by atoms with Crippen LogP contribution in [0.5, 0.6) is 16.7 Å². The number of rotatable bonds is 7. The van der Waals surface area contributed by atoms with Crippen LogP contribution in [0.4, 0.5) is 13.2 Å². The molecular weight excluding hydrogens is 559 g/mol. The van der Waals surface area contributed by atoms with E-state index in [1.807, 2.05) is 0 Å². The minimum absolute atomic E-state index is 0.0588. The first-order valence-electron chi connectivity index (χ1n) is 11.8. The molecule has 1 aliphatic heterocycles.